The second kappa shape index (κ2) is 5.72. The molecule has 0 bridgehead atoms. The van der Waals surface area contributed by atoms with Crippen molar-refractivity contribution in [3.05, 3.63) is 48.3 Å². The van der Waals surface area contributed by atoms with Crippen molar-refractivity contribution in [1.29, 1.82) is 0 Å². The maximum Gasteiger partial charge on any atom is 0.257 e. The molecule has 0 spiro atoms. The number of hydrogen-bond acceptors (Lipinski definition) is 4. The zero-order chi connectivity index (χ0) is 15.6. The van der Waals surface area contributed by atoms with Gasteiger partial charge in [0.05, 0.1) is 29.2 Å². The average molecular weight is 307 g/mol. The Morgan fingerprint density at radius 2 is 2.00 bits per heavy atom. The van der Waals surface area contributed by atoms with Gasteiger partial charge in [0.2, 0.25) is 0 Å². The third kappa shape index (κ3) is 2.63. The summed E-state index contributed by atoms with van der Waals surface area (Å²) < 4.78 is 0. The third-order valence-corrected chi connectivity index (χ3v) is 4.16. The van der Waals surface area contributed by atoms with Crippen LogP contribution >= 0.6 is 0 Å². The molecule has 23 heavy (non-hydrogen) atoms. The number of nitrogens with one attached hydrogen (secondary N) is 2. The molecule has 1 aliphatic heterocycles. The summed E-state index contributed by atoms with van der Waals surface area (Å²) in [5, 5.41) is 10.7. The monoisotopic (exact) mass is 307 g/mol. The van der Waals surface area contributed by atoms with E-state index in [4.69, 9.17) is 0 Å². The van der Waals surface area contributed by atoms with Crippen molar-refractivity contribution in [2.24, 2.45) is 0 Å². The van der Waals surface area contributed by atoms with Gasteiger partial charge in [-0.25, -0.2) is 4.98 Å². The number of para-hydroxylation sites is 1. The van der Waals surface area contributed by atoms with Gasteiger partial charge in [-0.15, -0.1) is 0 Å². The highest BCUT2D eigenvalue weighted by molar-refractivity contribution is 6.11. The number of aromatic nitrogens is 3. The first-order valence-corrected chi connectivity index (χ1v) is 7.76. The third-order valence-electron chi connectivity index (χ3n) is 4.16. The van der Waals surface area contributed by atoms with Crippen molar-refractivity contribution in [2.45, 2.75) is 12.8 Å². The Kier molecular flexibility index (Phi) is 3.42. The van der Waals surface area contributed by atoms with Crippen LogP contribution in [0.4, 0.5) is 11.5 Å². The van der Waals surface area contributed by atoms with Crippen molar-refractivity contribution in [2.75, 3.05) is 23.3 Å². The minimum Gasteiger partial charge on any atom is -0.357 e. The second-order valence-electron chi connectivity index (χ2n) is 5.69. The number of fused-ring (bicyclic) bond motifs is 1. The van der Waals surface area contributed by atoms with Crippen LogP contribution in [0.1, 0.15) is 23.2 Å². The largest absolute Gasteiger partial charge is 0.357 e. The number of carbonyl (C=O) groups excluding carboxylic acids is 1. The molecule has 0 aliphatic carbocycles. The smallest absolute Gasteiger partial charge is 0.257 e. The highest BCUT2D eigenvalue weighted by Gasteiger charge is 2.14. The van der Waals surface area contributed by atoms with Crippen LogP contribution in [0.25, 0.3) is 10.9 Å². The molecule has 0 unspecified atom stereocenters. The van der Waals surface area contributed by atoms with Crippen LogP contribution in [0.2, 0.25) is 0 Å². The van der Waals surface area contributed by atoms with Crippen LogP contribution in [0.5, 0.6) is 0 Å². The number of anilines is 2. The van der Waals surface area contributed by atoms with Gasteiger partial charge in [-0.2, -0.15) is 5.10 Å². The van der Waals surface area contributed by atoms with Gasteiger partial charge in [0.25, 0.3) is 5.91 Å². The van der Waals surface area contributed by atoms with E-state index in [0.29, 0.717) is 11.3 Å². The van der Waals surface area contributed by atoms with Gasteiger partial charge in [-0.3, -0.25) is 9.89 Å². The number of rotatable bonds is 3. The topological polar surface area (TPSA) is 73.9 Å². The molecule has 4 rings (SSSR count). The molecule has 1 aliphatic rings. The zero-order valence-corrected chi connectivity index (χ0v) is 12.6. The number of pyridine rings is 1. The maximum absolute atomic E-state index is 12.5. The van der Waals surface area contributed by atoms with Gasteiger partial charge in [0.15, 0.2) is 0 Å². The highest BCUT2D eigenvalue weighted by Crippen LogP contribution is 2.20. The predicted molar refractivity (Wildman–Crippen MR) is 89.7 cm³/mol. The van der Waals surface area contributed by atoms with Crippen LogP contribution in [-0.4, -0.2) is 34.2 Å². The number of H-pyrrole nitrogens is 1. The van der Waals surface area contributed by atoms with Crippen molar-refractivity contribution in [3.8, 4) is 0 Å². The van der Waals surface area contributed by atoms with E-state index in [1.807, 2.05) is 24.3 Å². The molecule has 2 aromatic heterocycles. The number of aromatic amines is 1. The van der Waals surface area contributed by atoms with Gasteiger partial charge in [0, 0.05) is 18.5 Å². The molecule has 1 aromatic carbocycles. The zero-order valence-electron chi connectivity index (χ0n) is 12.6. The first-order chi connectivity index (χ1) is 11.3. The van der Waals surface area contributed by atoms with E-state index in [9.17, 15) is 4.79 Å². The van der Waals surface area contributed by atoms with E-state index >= 15 is 0 Å². The average Bonchev–Trinajstić information content (AvgIpc) is 3.26. The number of carbonyl (C=O) groups is 1. The molecular formula is C17H17N5O. The molecule has 1 amide bonds. The summed E-state index contributed by atoms with van der Waals surface area (Å²) in [5.41, 5.74) is 2.00. The fourth-order valence-corrected chi connectivity index (χ4v) is 2.95. The fourth-order valence-electron chi connectivity index (χ4n) is 2.95. The molecule has 6 heteroatoms. The van der Waals surface area contributed by atoms with Gasteiger partial charge in [-0.1, -0.05) is 12.1 Å². The van der Waals surface area contributed by atoms with Crippen molar-refractivity contribution < 1.29 is 4.79 Å². The Morgan fingerprint density at radius 1 is 1.13 bits per heavy atom. The fraction of sp³-hybridized carbons (Fsp3) is 0.235. The lowest BCUT2D eigenvalue weighted by molar-refractivity contribution is 0.102. The lowest BCUT2D eigenvalue weighted by Crippen LogP contribution is -2.19. The molecule has 1 saturated heterocycles. The van der Waals surface area contributed by atoms with Gasteiger partial charge in [0.1, 0.15) is 5.82 Å². The summed E-state index contributed by atoms with van der Waals surface area (Å²) in [6, 6.07) is 9.40. The number of benzene rings is 1. The van der Waals surface area contributed by atoms with E-state index < -0.39 is 0 Å². The molecule has 1 fully saturated rings. The molecule has 116 valence electrons. The maximum atomic E-state index is 12.5. The summed E-state index contributed by atoms with van der Waals surface area (Å²) in [6.07, 6.45) is 5.85. The van der Waals surface area contributed by atoms with Crippen molar-refractivity contribution >= 4 is 28.3 Å². The molecule has 3 heterocycles. The van der Waals surface area contributed by atoms with E-state index in [0.717, 1.165) is 29.8 Å². The Hall–Kier alpha value is -2.89. The number of amides is 1. The normalized spacial score (nSPS) is 14.3. The number of nitrogens with zero attached hydrogens (tertiary/aromatic N) is 3. The van der Waals surface area contributed by atoms with E-state index in [-0.39, 0.29) is 5.91 Å². The molecule has 6 nitrogen and oxygen atoms in total. The van der Waals surface area contributed by atoms with E-state index in [1.54, 1.807) is 18.5 Å². The van der Waals surface area contributed by atoms with Crippen molar-refractivity contribution in [3.63, 3.8) is 0 Å². The van der Waals surface area contributed by atoms with E-state index in [2.05, 4.69) is 25.4 Å². The summed E-state index contributed by atoms with van der Waals surface area (Å²) >= 11 is 0. The molecule has 3 aromatic rings. The van der Waals surface area contributed by atoms with Crippen LogP contribution < -0.4 is 10.2 Å². The second-order valence-corrected chi connectivity index (χ2v) is 5.69. The summed E-state index contributed by atoms with van der Waals surface area (Å²) in [7, 11) is 0. The first kappa shape index (κ1) is 13.8. The number of hydrogen-bond donors (Lipinski definition) is 2. The quantitative estimate of drug-likeness (QED) is 0.780. The SMILES string of the molecule is O=C(Nc1ccc(N2CCCC2)nc1)c1cccc2cn[nH]c12. The van der Waals surface area contributed by atoms with E-state index in [1.165, 1.54) is 12.8 Å². The molecule has 0 saturated carbocycles. The molecular weight excluding hydrogens is 290 g/mol. The van der Waals surface area contributed by atoms with Gasteiger partial charge < -0.3 is 10.2 Å². The standard InChI is InChI=1S/C17H17N5O/c23-17(14-5-3-4-12-10-19-21-16(12)14)20-13-6-7-15(18-11-13)22-8-1-2-9-22/h3-7,10-11H,1-2,8-9H2,(H,19,21)(H,20,23). The minimum atomic E-state index is -0.171. The summed E-state index contributed by atoms with van der Waals surface area (Å²) in [5.74, 6) is 0.798. The van der Waals surface area contributed by atoms with Crippen LogP contribution in [-0.2, 0) is 0 Å². The molecule has 0 atom stereocenters. The molecule has 2 N–H and O–H groups in total. The van der Waals surface area contributed by atoms with Crippen LogP contribution in [0.15, 0.2) is 42.7 Å². The summed E-state index contributed by atoms with van der Waals surface area (Å²) in [6.45, 7) is 2.11. The van der Waals surface area contributed by atoms with Gasteiger partial charge >= 0.3 is 0 Å². The minimum absolute atomic E-state index is 0.171. The lowest BCUT2D eigenvalue weighted by Gasteiger charge is -2.16. The lowest BCUT2D eigenvalue weighted by atomic mass is 10.1. The summed E-state index contributed by atoms with van der Waals surface area (Å²) in [4.78, 5) is 19.2. The van der Waals surface area contributed by atoms with Crippen LogP contribution in [0.3, 0.4) is 0 Å². The highest BCUT2D eigenvalue weighted by atomic mass is 16.1. The first-order valence-electron chi connectivity index (χ1n) is 7.76. The Balaban J connectivity index is 1.53. The predicted octanol–water partition coefficient (Wildman–Crippen LogP) is 2.81. The van der Waals surface area contributed by atoms with Gasteiger partial charge in [-0.05, 0) is 31.0 Å². The Bertz CT molecular complexity index is 834. The Labute approximate surface area is 133 Å². The Morgan fingerprint density at radius 3 is 2.78 bits per heavy atom. The molecule has 0 radical (unpaired) electrons. The van der Waals surface area contributed by atoms with Crippen molar-refractivity contribution in [1.82, 2.24) is 15.2 Å². The van der Waals surface area contributed by atoms with Crippen LogP contribution in [0, 0.1) is 0 Å².